The lowest BCUT2D eigenvalue weighted by Gasteiger charge is -2.47. The van der Waals surface area contributed by atoms with Crippen molar-refractivity contribution in [3.8, 4) is 0 Å². The fourth-order valence-corrected chi connectivity index (χ4v) is 3.84. The standard InChI is InChI=1S/C17H28N4O2/c1-23-13-12-21-14-17(3-2-16(21)22)4-7-19(8-5-17)10-11-20-9-6-18-15-20/h6,9,15H,2-5,7-8,10-14H2,1H3. The minimum absolute atomic E-state index is 0.301. The smallest absolute Gasteiger partial charge is 0.222 e. The van der Waals surface area contributed by atoms with Crippen molar-refractivity contribution < 1.29 is 9.53 Å². The maximum Gasteiger partial charge on any atom is 0.222 e. The van der Waals surface area contributed by atoms with Crippen molar-refractivity contribution in [2.24, 2.45) is 5.41 Å². The molecule has 0 aromatic carbocycles. The molecule has 6 heteroatoms. The van der Waals surface area contributed by atoms with Crippen LogP contribution in [-0.2, 0) is 16.1 Å². The number of hydrogen-bond acceptors (Lipinski definition) is 4. The lowest BCUT2D eigenvalue weighted by Crippen LogP contribution is -2.52. The number of amides is 1. The number of nitrogens with zero attached hydrogens (tertiary/aromatic N) is 4. The van der Waals surface area contributed by atoms with E-state index in [1.807, 2.05) is 23.6 Å². The molecule has 0 aliphatic carbocycles. The topological polar surface area (TPSA) is 50.6 Å². The first-order valence-corrected chi connectivity index (χ1v) is 8.66. The number of hydrogen-bond donors (Lipinski definition) is 0. The van der Waals surface area contributed by atoms with Crippen LogP contribution in [0.2, 0.25) is 0 Å². The molecule has 3 heterocycles. The molecule has 6 nitrogen and oxygen atoms in total. The minimum atomic E-state index is 0.301. The molecule has 0 N–H and O–H groups in total. The number of imidazole rings is 1. The molecule has 2 aliphatic rings. The fourth-order valence-electron chi connectivity index (χ4n) is 3.84. The molecule has 2 saturated heterocycles. The normalized spacial score (nSPS) is 22.0. The molecule has 2 fully saturated rings. The van der Waals surface area contributed by atoms with E-state index in [1.54, 1.807) is 7.11 Å². The molecule has 0 saturated carbocycles. The van der Waals surface area contributed by atoms with E-state index in [4.69, 9.17) is 4.74 Å². The van der Waals surface area contributed by atoms with Crippen molar-refractivity contribution in [3.05, 3.63) is 18.7 Å². The van der Waals surface area contributed by atoms with Gasteiger partial charge >= 0.3 is 0 Å². The maximum atomic E-state index is 12.1. The third-order valence-corrected chi connectivity index (χ3v) is 5.46. The van der Waals surface area contributed by atoms with Crippen LogP contribution < -0.4 is 0 Å². The number of carbonyl (C=O) groups excluding carboxylic acids is 1. The number of likely N-dealkylation sites (tertiary alicyclic amines) is 2. The SMILES string of the molecule is COCCN1CC2(CCC1=O)CCN(CCn1ccnc1)CC2. The van der Waals surface area contributed by atoms with Gasteiger partial charge in [0.25, 0.3) is 0 Å². The van der Waals surface area contributed by atoms with Crippen molar-refractivity contribution in [2.75, 3.05) is 46.4 Å². The quantitative estimate of drug-likeness (QED) is 0.791. The highest BCUT2D eigenvalue weighted by molar-refractivity contribution is 5.77. The van der Waals surface area contributed by atoms with Gasteiger partial charge in [-0.1, -0.05) is 0 Å². The van der Waals surface area contributed by atoms with Gasteiger partial charge in [-0.15, -0.1) is 0 Å². The lowest BCUT2D eigenvalue weighted by molar-refractivity contribution is -0.139. The van der Waals surface area contributed by atoms with E-state index in [0.717, 1.165) is 45.7 Å². The second kappa shape index (κ2) is 7.45. The van der Waals surface area contributed by atoms with Crippen LogP contribution in [0, 0.1) is 5.41 Å². The van der Waals surface area contributed by atoms with Crippen molar-refractivity contribution in [1.29, 1.82) is 0 Å². The summed E-state index contributed by atoms with van der Waals surface area (Å²) in [4.78, 5) is 20.7. The highest BCUT2D eigenvalue weighted by Crippen LogP contribution is 2.40. The van der Waals surface area contributed by atoms with Crippen molar-refractivity contribution in [3.63, 3.8) is 0 Å². The summed E-state index contributed by atoms with van der Waals surface area (Å²) in [6.45, 7) is 6.66. The predicted molar refractivity (Wildman–Crippen MR) is 88.0 cm³/mol. The van der Waals surface area contributed by atoms with E-state index < -0.39 is 0 Å². The summed E-state index contributed by atoms with van der Waals surface area (Å²) >= 11 is 0. The first-order chi connectivity index (χ1) is 11.2. The van der Waals surface area contributed by atoms with Crippen LogP contribution in [0.5, 0.6) is 0 Å². The molecule has 1 amide bonds. The molecular formula is C17H28N4O2. The molecule has 0 atom stereocenters. The van der Waals surface area contributed by atoms with E-state index in [9.17, 15) is 4.79 Å². The van der Waals surface area contributed by atoms with Crippen LogP contribution in [0.15, 0.2) is 18.7 Å². The second-order valence-electron chi connectivity index (χ2n) is 6.95. The number of methoxy groups -OCH3 is 1. The molecule has 1 aromatic rings. The Morgan fingerprint density at radius 3 is 2.74 bits per heavy atom. The minimum Gasteiger partial charge on any atom is -0.383 e. The maximum absolute atomic E-state index is 12.1. The average Bonchev–Trinajstić information content (AvgIpc) is 3.09. The van der Waals surface area contributed by atoms with Crippen molar-refractivity contribution in [1.82, 2.24) is 19.4 Å². The zero-order chi connectivity index (χ0) is 16.1. The monoisotopic (exact) mass is 320 g/mol. The highest BCUT2D eigenvalue weighted by atomic mass is 16.5. The van der Waals surface area contributed by atoms with Crippen LogP contribution >= 0.6 is 0 Å². The van der Waals surface area contributed by atoms with Gasteiger partial charge in [0.15, 0.2) is 0 Å². The van der Waals surface area contributed by atoms with Crippen LogP contribution in [0.3, 0.4) is 0 Å². The third kappa shape index (κ3) is 4.12. The first kappa shape index (κ1) is 16.5. The Kier molecular flexibility index (Phi) is 5.33. The van der Waals surface area contributed by atoms with Crippen molar-refractivity contribution >= 4 is 5.91 Å². The summed E-state index contributed by atoms with van der Waals surface area (Å²) in [6, 6.07) is 0. The first-order valence-electron chi connectivity index (χ1n) is 8.66. The van der Waals surface area contributed by atoms with E-state index in [1.165, 1.54) is 12.8 Å². The Morgan fingerprint density at radius 1 is 1.22 bits per heavy atom. The summed E-state index contributed by atoms with van der Waals surface area (Å²) in [5.41, 5.74) is 0.340. The summed E-state index contributed by atoms with van der Waals surface area (Å²) in [5.74, 6) is 0.301. The molecular weight excluding hydrogens is 292 g/mol. The van der Waals surface area contributed by atoms with Crippen LogP contribution in [0.1, 0.15) is 25.7 Å². The number of carbonyl (C=O) groups is 1. The zero-order valence-corrected chi connectivity index (χ0v) is 14.1. The Morgan fingerprint density at radius 2 is 2.04 bits per heavy atom. The highest BCUT2D eigenvalue weighted by Gasteiger charge is 2.40. The fraction of sp³-hybridized carbons (Fsp3) is 0.765. The Labute approximate surface area is 138 Å². The summed E-state index contributed by atoms with van der Waals surface area (Å²) in [6.07, 6.45) is 9.90. The number of ether oxygens (including phenoxy) is 1. The zero-order valence-electron chi connectivity index (χ0n) is 14.1. The molecule has 0 radical (unpaired) electrons. The molecule has 1 spiro atoms. The number of aromatic nitrogens is 2. The Hall–Kier alpha value is -1.40. The second-order valence-corrected chi connectivity index (χ2v) is 6.95. The van der Waals surface area contributed by atoms with Gasteiger partial charge in [-0.25, -0.2) is 4.98 Å². The molecule has 0 unspecified atom stereocenters. The third-order valence-electron chi connectivity index (χ3n) is 5.46. The van der Waals surface area contributed by atoms with Gasteiger partial charge in [0, 0.05) is 52.1 Å². The summed E-state index contributed by atoms with van der Waals surface area (Å²) in [7, 11) is 1.70. The Bertz CT molecular complexity index is 495. The van der Waals surface area contributed by atoms with Gasteiger partial charge in [0.05, 0.1) is 12.9 Å². The van der Waals surface area contributed by atoms with Gasteiger partial charge in [-0.2, -0.15) is 0 Å². The van der Waals surface area contributed by atoms with Gasteiger partial charge in [-0.3, -0.25) is 4.79 Å². The Balaban J connectivity index is 1.48. The van der Waals surface area contributed by atoms with E-state index in [-0.39, 0.29) is 0 Å². The number of piperidine rings is 2. The molecule has 3 rings (SSSR count). The van der Waals surface area contributed by atoms with E-state index >= 15 is 0 Å². The largest absolute Gasteiger partial charge is 0.383 e. The lowest BCUT2D eigenvalue weighted by atomic mass is 9.72. The molecule has 1 aromatic heterocycles. The molecule has 23 heavy (non-hydrogen) atoms. The van der Waals surface area contributed by atoms with E-state index in [2.05, 4.69) is 14.5 Å². The van der Waals surface area contributed by atoms with E-state index in [0.29, 0.717) is 24.3 Å². The molecule has 2 aliphatic heterocycles. The predicted octanol–water partition coefficient (Wildman–Crippen LogP) is 1.23. The summed E-state index contributed by atoms with van der Waals surface area (Å²) in [5, 5.41) is 0. The summed E-state index contributed by atoms with van der Waals surface area (Å²) < 4.78 is 7.28. The molecule has 0 bridgehead atoms. The van der Waals surface area contributed by atoms with Crippen molar-refractivity contribution in [2.45, 2.75) is 32.2 Å². The van der Waals surface area contributed by atoms with Gasteiger partial charge < -0.3 is 19.1 Å². The van der Waals surface area contributed by atoms with Gasteiger partial charge in [0.2, 0.25) is 5.91 Å². The van der Waals surface area contributed by atoms with Crippen LogP contribution in [-0.4, -0.2) is 71.7 Å². The van der Waals surface area contributed by atoms with Gasteiger partial charge in [-0.05, 0) is 37.8 Å². The average molecular weight is 320 g/mol. The van der Waals surface area contributed by atoms with Crippen LogP contribution in [0.25, 0.3) is 0 Å². The number of rotatable bonds is 6. The molecule has 128 valence electrons. The van der Waals surface area contributed by atoms with Crippen LogP contribution in [0.4, 0.5) is 0 Å². The van der Waals surface area contributed by atoms with Gasteiger partial charge in [0.1, 0.15) is 0 Å².